The van der Waals surface area contributed by atoms with Crippen molar-refractivity contribution in [2.45, 2.75) is 17.1 Å². The lowest BCUT2D eigenvalue weighted by Gasteiger charge is -2.29. The first-order valence-corrected chi connectivity index (χ1v) is 7.47. The van der Waals surface area contributed by atoms with Crippen molar-refractivity contribution in [2.24, 2.45) is 0 Å². The van der Waals surface area contributed by atoms with Crippen LogP contribution in [-0.4, -0.2) is 24.1 Å². The Morgan fingerprint density at radius 3 is 2.80 bits per heavy atom. The average molecular weight is 288 g/mol. The molecule has 104 valence electrons. The Morgan fingerprint density at radius 1 is 1.20 bits per heavy atom. The highest BCUT2D eigenvalue weighted by Gasteiger charge is 2.29. The van der Waals surface area contributed by atoms with E-state index in [0.29, 0.717) is 5.75 Å². The van der Waals surface area contributed by atoms with E-state index in [1.807, 2.05) is 48.5 Å². The molecule has 2 aromatic carbocycles. The Kier molecular flexibility index (Phi) is 3.85. The van der Waals surface area contributed by atoms with Crippen molar-refractivity contribution in [3.63, 3.8) is 0 Å². The van der Waals surface area contributed by atoms with Crippen molar-refractivity contribution in [3.05, 3.63) is 54.1 Å². The first-order valence-electron chi connectivity index (χ1n) is 6.49. The topological polar surface area (TPSA) is 38.7 Å². The number of ether oxygens (including phenoxy) is 2. The van der Waals surface area contributed by atoms with E-state index in [1.165, 1.54) is 0 Å². The molecule has 0 saturated carbocycles. The largest absolute Gasteiger partial charge is 0.496 e. The molecule has 3 nitrogen and oxygen atoms in total. The zero-order valence-corrected chi connectivity index (χ0v) is 12.0. The standard InChI is InChI=1S/C16H16O3S/c1-18-12-7-3-2-6-11(12)16(17)14-10-20-15-9-5-4-8-13(15)19-14/h2-9,14,16-17H,10H2,1H3. The highest BCUT2D eigenvalue weighted by Crippen LogP contribution is 2.39. The molecular weight excluding hydrogens is 272 g/mol. The number of hydrogen-bond donors (Lipinski definition) is 1. The summed E-state index contributed by atoms with van der Waals surface area (Å²) in [6.45, 7) is 0. The van der Waals surface area contributed by atoms with Gasteiger partial charge < -0.3 is 14.6 Å². The molecule has 1 N–H and O–H groups in total. The lowest BCUT2D eigenvalue weighted by atomic mass is 10.0. The third-order valence-corrected chi connectivity index (χ3v) is 4.48. The van der Waals surface area contributed by atoms with Crippen LogP contribution in [0.3, 0.4) is 0 Å². The molecule has 1 aliphatic rings. The van der Waals surface area contributed by atoms with Crippen LogP contribution >= 0.6 is 11.8 Å². The zero-order chi connectivity index (χ0) is 13.9. The molecule has 0 aromatic heterocycles. The van der Waals surface area contributed by atoms with E-state index < -0.39 is 6.10 Å². The fourth-order valence-electron chi connectivity index (χ4n) is 2.30. The van der Waals surface area contributed by atoms with Crippen molar-refractivity contribution in [1.82, 2.24) is 0 Å². The van der Waals surface area contributed by atoms with Gasteiger partial charge in [-0.2, -0.15) is 0 Å². The minimum Gasteiger partial charge on any atom is -0.496 e. The number of benzene rings is 2. The van der Waals surface area contributed by atoms with Gasteiger partial charge in [-0.1, -0.05) is 30.3 Å². The molecule has 20 heavy (non-hydrogen) atoms. The van der Waals surface area contributed by atoms with Gasteiger partial charge in [0.05, 0.1) is 7.11 Å². The lowest BCUT2D eigenvalue weighted by Crippen LogP contribution is -2.30. The predicted molar refractivity (Wildman–Crippen MR) is 79.5 cm³/mol. The SMILES string of the molecule is COc1ccccc1C(O)C1CSc2ccccc2O1. The number of methoxy groups -OCH3 is 1. The number of hydrogen-bond acceptors (Lipinski definition) is 4. The quantitative estimate of drug-likeness (QED) is 0.940. The van der Waals surface area contributed by atoms with E-state index in [1.54, 1.807) is 18.9 Å². The second kappa shape index (κ2) is 5.77. The minimum atomic E-state index is -0.702. The Hall–Kier alpha value is -1.65. The lowest BCUT2D eigenvalue weighted by molar-refractivity contribution is 0.0441. The van der Waals surface area contributed by atoms with Gasteiger partial charge in [0.2, 0.25) is 0 Å². The number of aliphatic hydroxyl groups is 1. The van der Waals surface area contributed by atoms with Crippen LogP contribution in [0.4, 0.5) is 0 Å². The van der Waals surface area contributed by atoms with Crippen molar-refractivity contribution < 1.29 is 14.6 Å². The molecule has 3 rings (SSSR count). The number of para-hydroxylation sites is 2. The van der Waals surface area contributed by atoms with Gasteiger partial charge in [-0.25, -0.2) is 0 Å². The Morgan fingerprint density at radius 2 is 1.95 bits per heavy atom. The van der Waals surface area contributed by atoms with Gasteiger partial charge in [-0.3, -0.25) is 0 Å². The molecule has 0 spiro atoms. The van der Waals surface area contributed by atoms with Crippen LogP contribution in [0.1, 0.15) is 11.7 Å². The summed E-state index contributed by atoms with van der Waals surface area (Å²) in [6.07, 6.45) is -0.974. The highest BCUT2D eigenvalue weighted by atomic mass is 32.2. The summed E-state index contributed by atoms with van der Waals surface area (Å²) in [5.74, 6) is 2.24. The summed E-state index contributed by atoms with van der Waals surface area (Å²) < 4.78 is 11.2. The average Bonchev–Trinajstić information content (AvgIpc) is 2.53. The Bertz CT molecular complexity index is 600. The zero-order valence-electron chi connectivity index (χ0n) is 11.2. The van der Waals surface area contributed by atoms with E-state index in [9.17, 15) is 5.11 Å². The van der Waals surface area contributed by atoms with Gasteiger partial charge in [0.1, 0.15) is 23.7 Å². The summed E-state index contributed by atoms with van der Waals surface area (Å²) in [6, 6.07) is 15.4. The van der Waals surface area contributed by atoms with Crippen LogP contribution < -0.4 is 9.47 Å². The van der Waals surface area contributed by atoms with E-state index >= 15 is 0 Å². The molecule has 0 amide bonds. The molecular formula is C16H16O3S. The maximum absolute atomic E-state index is 10.6. The molecule has 0 aliphatic carbocycles. The van der Waals surface area contributed by atoms with E-state index in [4.69, 9.17) is 9.47 Å². The normalized spacial score (nSPS) is 18.8. The number of thioether (sulfide) groups is 1. The maximum Gasteiger partial charge on any atom is 0.138 e. The smallest absolute Gasteiger partial charge is 0.138 e. The van der Waals surface area contributed by atoms with Crippen LogP contribution in [0.2, 0.25) is 0 Å². The van der Waals surface area contributed by atoms with Gasteiger partial charge in [0, 0.05) is 16.2 Å². The predicted octanol–water partition coefficient (Wildman–Crippen LogP) is 3.28. The Balaban J connectivity index is 1.84. The van der Waals surface area contributed by atoms with Gasteiger partial charge in [0.25, 0.3) is 0 Å². The minimum absolute atomic E-state index is 0.272. The van der Waals surface area contributed by atoms with Crippen LogP contribution in [-0.2, 0) is 0 Å². The molecule has 2 aromatic rings. The molecule has 1 heterocycles. The van der Waals surface area contributed by atoms with Crippen LogP contribution in [0.25, 0.3) is 0 Å². The first-order chi connectivity index (χ1) is 9.79. The van der Waals surface area contributed by atoms with Crippen LogP contribution in [0, 0.1) is 0 Å². The van der Waals surface area contributed by atoms with E-state index in [2.05, 4.69) is 0 Å². The molecule has 0 fully saturated rings. The summed E-state index contributed by atoms with van der Waals surface area (Å²) in [4.78, 5) is 1.12. The maximum atomic E-state index is 10.6. The van der Waals surface area contributed by atoms with Gasteiger partial charge >= 0.3 is 0 Å². The van der Waals surface area contributed by atoms with Crippen LogP contribution in [0.5, 0.6) is 11.5 Å². The van der Waals surface area contributed by atoms with Crippen molar-refractivity contribution in [3.8, 4) is 11.5 Å². The summed E-state index contributed by atoms with van der Waals surface area (Å²) in [7, 11) is 1.61. The number of fused-ring (bicyclic) bond motifs is 1. The second-order valence-corrected chi connectivity index (χ2v) is 5.66. The molecule has 4 heteroatoms. The van der Waals surface area contributed by atoms with E-state index in [0.717, 1.165) is 22.0 Å². The van der Waals surface area contributed by atoms with Crippen LogP contribution in [0.15, 0.2) is 53.4 Å². The number of aliphatic hydroxyl groups excluding tert-OH is 1. The molecule has 0 saturated heterocycles. The fourth-order valence-corrected chi connectivity index (χ4v) is 3.33. The van der Waals surface area contributed by atoms with E-state index in [-0.39, 0.29) is 6.10 Å². The molecule has 0 bridgehead atoms. The summed E-state index contributed by atoms with van der Waals surface area (Å²) in [5.41, 5.74) is 0.764. The summed E-state index contributed by atoms with van der Waals surface area (Å²) >= 11 is 1.71. The third-order valence-electron chi connectivity index (χ3n) is 3.34. The fraction of sp³-hybridized carbons (Fsp3) is 0.250. The van der Waals surface area contributed by atoms with Crippen molar-refractivity contribution >= 4 is 11.8 Å². The molecule has 0 radical (unpaired) electrons. The number of rotatable bonds is 3. The first kappa shape index (κ1) is 13.3. The highest BCUT2D eigenvalue weighted by molar-refractivity contribution is 7.99. The molecule has 1 aliphatic heterocycles. The van der Waals surface area contributed by atoms with Gasteiger partial charge in [0.15, 0.2) is 0 Å². The third kappa shape index (κ3) is 2.49. The van der Waals surface area contributed by atoms with Crippen molar-refractivity contribution in [1.29, 1.82) is 0 Å². The Labute approximate surface area is 122 Å². The molecule has 2 atom stereocenters. The monoisotopic (exact) mass is 288 g/mol. The van der Waals surface area contributed by atoms with Crippen molar-refractivity contribution in [2.75, 3.05) is 12.9 Å². The summed E-state index contributed by atoms with van der Waals surface area (Å²) in [5, 5.41) is 10.6. The van der Waals surface area contributed by atoms with Gasteiger partial charge in [-0.05, 0) is 18.2 Å². The second-order valence-electron chi connectivity index (χ2n) is 4.60. The van der Waals surface area contributed by atoms with Gasteiger partial charge in [-0.15, -0.1) is 11.8 Å². The molecule has 2 unspecified atom stereocenters.